The Hall–Kier alpha value is -1.05. The summed E-state index contributed by atoms with van der Waals surface area (Å²) in [6, 6.07) is 0. The predicted molar refractivity (Wildman–Crippen MR) is 58.6 cm³/mol. The van der Waals surface area contributed by atoms with Gasteiger partial charge in [-0.25, -0.2) is 0 Å². The van der Waals surface area contributed by atoms with Crippen molar-refractivity contribution >= 4 is 5.91 Å². The Morgan fingerprint density at radius 1 is 1.57 bits per heavy atom. The van der Waals surface area contributed by atoms with Crippen molar-refractivity contribution in [3.8, 4) is 0 Å². The molecule has 0 aromatic carbocycles. The highest BCUT2D eigenvalue weighted by molar-refractivity contribution is 5.93. The second kappa shape index (κ2) is 3.99. The van der Waals surface area contributed by atoms with Gasteiger partial charge in [0.25, 0.3) is 0 Å². The third-order valence-electron chi connectivity index (χ3n) is 3.38. The Labute approximate surface area is 85.9 Å². The number of allylic oxidation sites excluding steroid dienone is 3. The zero-order chi connectivity index (χ0) is 10.8. The van der Waals surface area contributed by atoms with Crippen LogP contribution in [0.1, 0.15) is 33.6 Å². The highest BCUT2D eigenvalue weighted by Crippen LogP contribution is 2.41. The summed E-state index contributed by atoms with van der Waals surface area (Å²) in [6.45, 7) is 6.44. The topological polar surface area (TPSA) is 43.1 Å². The smallest absolute Gasteiger partial charge is 0.244 e. The molecule has 0 aromatic heterocycles. The molecule has 0 heterocycles. The zero-order valence-electron chi connectivity index (χ0n) is 9.21. The lowest BCUT2D eigenvalue weighted by atomic mass is 9.67. The fourth-order valence-electron chi connectivity index (χ4n) is 2.26. The van der Waals surface area contributed by atoms with Crippen LogP contribution in [-0.2, 0) is 4.79 Å². The van der Waals surface area contributed by atoms with E-state index in [1.807, 2.05) is 12.2 Å². The van der Waals surface area contributed by atoms with Gasteiger partial charge in [0, 0.05) is 5.57 Å². The maximum Gasteiger partial charge on any atom is 0.244 e. The molecular weight excluding hydrogens is 174 g/mol. The van der Waals surface area contributed by atoms with Gasteiger partial charge in [-0.05, 0) is 24.2 Å². The van der Waals surface area contributed by atoms with E-state index >= 15 is 0 Å². The van der Waals surface area contributed by atoms with Crippen LogP contribution in [0.5, 0.6) is 0 Å². The van der Waals surface area contributed by atoms with E-state index < -0.39 is 0 Å². The average molecular weight is 193 g/mol. The van der Waals surface area contributed by atoms with Crippen LogP contribution in [0.3, 0.4) is 0 Å². The van der Waals surface area contributed by atoms with E-state index in [2.05, 4.69) is 26.8 Å². The summed E-state index contributed by atoms with van der Waals surface area (Å²) in [7, 11) is 0. The van der Waals surface area contributed by atoms with Crippen molar-refractivity contribution in [3.63, 3.8) is 0 Å². The summed E-state index contributed by atoms with van der Waals surface area (Å²) in [5, 5.41) is 0. The Morgan fingerprint density at radius 2 is 2.21 bits per heavy atom. The van der Waals surface area contributed by atoms with E-state index in [1.54, 1.807) is 0 Å². The van der Waals surface area contributed by atoms with Crippen LogP contribution in [0.25, 0.3) is 0 Å². The van der Waals surface area contributed by atoms with Gasteiger partial charge in [0.15, 0.2) is 0 Å². The van der Waals surface area contributed by atoms with Gasteiger partial charge in [0.2, 0.25) is 5.91 Å². The Bertz CT molecular complexity index is 291. The van der Waals surface area contributed by atoms with Crippen LogP contribution in [0.15, 0.2) is 23.8 Å². The maximum atomic E-state index is 11.2. The SMILES string of the molecule is CCC1C(C(N)=O)=CC=CC1(C)CC. The minimum absolute atomic E-state index is 0.0911. The standard InChI is InChI=1S/C12H19NO/c1-4-10-9(11(13)14)7-6-8-12(10,3)5-2/h6-8,10H,4-5H2,1-3H3,(H2,13,14). The van der Waals surface area contributed by atoms with Crippen LogP contribution in [0.2, 0.25) is 0 Å². The summed E-state index contributed by atoms with van der Waals surface area (Å²) in [5.74, 6) is -0.00382. The summed E-state index contributed by atoms with van der Waals surface area (Å²) in [6.07, 6.45) is 7.99. The largest absolute Gasteiger partial charge is 0.366 e. The lowest BCUT2D eigenvalue weighted by molar-refractivity contribution is -0.115. The van der Waals surface area contributed by atoms with E-state index in [0.29, 0.717) is 0 Å². The molecule has 78 valence electrons. The second-order valence-electron chi connectivity index (χ2n) is 4.17. The fourth-order valence-corrected chi connectivity index (χ4v) is 2.26. The molecule has 0 aromatic rings. The number of hydrogen-bond acceptors (Lipinski definition) is 1. The molecule has 0 aliphatic heterocycles. The summed E-state index contributed by atoms with van der Waals surface area (Å²) < 4.78 is 0. The van der Waals surface area contributed by atoms with Crippen LogP contribution >= 0.6 is 0 Å². The van der Waals surface area contributed by atoms with Crippen LogP contribution in [0, 0.1) is 11.3 Å². The number of nitrogens with two attached hydrogens (primary N) is 1. The summed E-state index contributed by atoms with van der Waals surface area (Å²) in [5.41, 5.74) is 6.24. The molecule has 0 radical (unpaired) electrons. The van der Waals surface area contributed by atoms with Crippen molar-refractivity contribution in [1.82, 2.24) is 0 Å². The van der Waals surface area contributed by atoms with Gasteiger partial charge >= 0.3 is 0 Å². The molecule has 2 atom stereocenters. The Morgan fingerprint density at radius 3 is 2.64 bits per heavy atom. The molecule has 2 nitrogen and oxygen atoms in total. The predicted octanol–water partition coefficient (Wildman–Crippen LogP) is 2.41. The van der Waals surface area contributed by atoms with Gasteiger partial charge in [0.1, 0.15) is 0 Å². The molecule has 0 spiro atoms. The van der Waals surface area contributed by atoms with Crippen LogP contribution < -0.4 is 5.73 Å². The summed E-state index contributed by atoms with van der Waals surface area (Å²) >= 11 is 0. The molecule has 2 heteroatoms. The zero-order valence-corrected chi connectivity index (χ0v) is 9.21. The number of carbonyl (C=O) groups is 1. The number of amides is 1. The Balaban J connectivity index is 3.05. The van der Waals surface area contributed by atoms with Gasteiger partial charge in [-0.2, -0.15) is 0 Å². The van der Waals surface area contributed by atoms with E-state index in [9.17, 15) is 4.79 Å². The van der Waals surface area contributed by atoms with Gasteiger partial charge < -0.3 is 5.73 Å². The van der Waals surface area contributed by atoms with Crippen molar-refractivity contribution < 1.29 is 4.79 Å². The molecule has 1 aliphatic carbocycles. The molecule has 1 rings (SSSR count). The molecule has 2 unspecified atom stereocenters. The van der Waals surface area contributed by atoms with Crippen LogP contribution in [-0.4, -0.2) is 5.91 Å². The first kappa shape index (κ1) is 11.0. The maximum absolute atomic E-state index is 11.2. The van der Waals surface area contributed by atoms with E-state index in [1.165, 1.54) is 0 Å². The molecule has 0 saturated heterocycles. The molecule has 2 N–H and O–H groups in total. The minimum Gasteiger partial charge on any atom is -0.366 e. The number of rotatable bonds is 3. The number of carbonyl (C=O) groups excluding carboxylic acids is 1. The lowest BCUT2D eigenvalue weighted by Crippen LogP contribution is -2.33. The normalized spacial score (nSPS) is 31.4. The van der Waals surface area contributed by atoms with Crippen LogP contribution in [0.4, 0.5) is 0 Å². The first-order valence-corrected chi connectivity index (χ1v) is 5.24. The molecule has 0 bridgehead atoms. The highest BCUT2D eigenvalue weighted by Gasteiger charge is 2.34. The molecule has 1 aliphatic rings. The fraction of sp³-hybridized carbons (Fsp3) is 0.583. The van der Waals surface area contributed by atoms with Crippen molar-refractivity contribution in [2.45, 2.75) is 33.6 Å². The lowest BCUT2D eigenvalue weighted by Gasteiger charge is -2.36. The third-order valence-corrected chi connectivity index (χ3v) is 3.38. The van der Waals surface area contributed by atoms with Crippen molar-refractivity contribution in [2.24, 2.45) is 17.1 Å². The van der Waals surface area contributed by atoms with E-state index in [-0.39, 0.29) is 17.2 Å². The van der Waals surface area contributed by atoms with E-state index in [0.717, 1.165) is 18.4 Å². The van der Waals surface area contributed by atoms with Gasteiger partial charge in [-0.15, -0.1) is 0 Å². The quantitative estimate of drug-likeness (QED) is 0.735. The minimum atomic E-state index is -0.277. The molecule has 1 amide bonds. The molecule has 0 saturated carbocycles. The second-order valence-corrected chi connectivity index (χ2v) is 4.17. The highest BCUT2D eigenvalue weighted by atomic mass is 16.1. The third kappa shape index (κ3) is 1.74. The van der Waals surface area contributed by atoms with Crippen molar-refractivity contribution in [3.05, 3.63) is 23.8 Å². The van der Waals surface area contributed by atoms with Gasteiger partial charge in [0.05, 0.1) is 0 Å². The van der Waals surface area contributed by atoms with Gasteiger partial charge in [-0.3, -0.25) is 4.79 Å². The van der Waals surface area contributed by atoms with E-state index in [4.69, 9.17) is 5.73 Å². The monoisotopic (exact) mass is 193 g/mol. The first-order valence-electron chi connectivity index (χ1n) is 5.24. The summed E-state index contributed by atoms with van der Waals surface area (Å²) in [4.78, 5) is 11.2. The molecule has 0 fully saturated rings. The molecule has 14 heavy (non-hydrogen) atoms. The number of primary amides is 1. The number of hydrogen-bond donors (Lipinski definition) is 1. The average Bonchev–Trinajstić information content (AvgIpc) is 2.17. The van der Waals surface area contributed by atoms with Crippen molar-refractivity contribution in [2.75, 3.05) is 0 Å². The first-order chi connectivity index (χ1) is 6.55. The molecular formula is C12H19NO. The van der Waals surface area contributed by atoms with Crippen molar-refractivity contribution in [1.29, 1.82) is 0 Å². The Kier molecular flexibility index (Phi) is 3.14. The van der Waals surface area contributed by atoms with Gasteiger partial charge in [-0.1, -0.05) is 39.0 Å².